The number of benzene rings is 2. The Labute approximate surface area is 195 Å². The number of aryl methyl sites for hydroxylation is 1. The van der Waals surface area contributed by atoms with Crippen LogP contribution in [0.5, 0.6) is 5.75 Å². The van der Waals surface area contributed by atoms with E-state index in [1.54, 1.807) is 18.2 Å². The third-order valence-electron chi connectivity index (χ3n) is 6.58. The van der Waals surface area contributed by atoms with E-state index in [-0.39, 0.29) is 22.1 Å². The summed E-state index contributed by atoms with van der Waals surface area (Å²) in [4.78, 5) is 13.0. The van der Waals surface area contributed by atoms with Crippen LogP contribution in [0.15, 0.2) is 47.4 Å². The van der Waals surface area contributed by atoms with Crippen molar-refractivity contribution in [3.63, 3.8) is 0 Å². The van der Waals surface area contributed by atoms with Crippen LogP contribution in [0.3, 0.4) is 0 Å². The number of nitrogens with zero attached hydrogens (tertiary/aromatic N) is 2. The quantitative estimate of drug-likeness (QED) is 0.664. The number of nitriles is 1. The van der Waals surface area contributed by atoms with Gasteiger partial charge in [-0.3, -0.25) is 4.79 Å². The summed E-state index contributed by atoms with van der Waals surface area (Å²) >= 11 is 0. The Hall–Kier alpha value is -2.89. The SMILES string of the molecule is CCOc1ccc(S(=O)(=O)N2CCC(C(=O)Nc3ccc(C4(C#N)CC4)cc3)CC2)cc1C. The van der Waals surface area contributed by atoms with Gasteiger partial charge >= 0.3 is 0 Å². The molecule has 1 N–H and O–H groups in total. The zero-order valence-electron chi connectivity index (χ0n) is 19.0. The van der Waals surface area contributed by atoms with Crippen LogP contribution in [0.25, 0.3) is 0 Å². The first-order valence-electron chi connectivity index (χ1n) is 11.4. The topological polar surface area (TPSA) is 99.5 Å². The first-order chi connectivity index (χ1) is 15.8. The van der Waals surface area contributed by atoms with Gasteiger partial charge in [-0.2, -0.15) is 9.57 Å². The summed E-state index contributed by atoms with van der Waals surface area (Å²) in [6.45, 7) is 4.84. The number of piperidine rings is 1. The molecule has 2 aromatic carbocycles. The molecule has 174 valence electrons. The second-order valence-electron chi connectivity index (χ2n) is 8.80. The molecule has 1 aliphatic heterocycles. The molecule has 33 heavy (non-hydrogen) atoms. The number of anilines is 1. The van der Waals surface area contributed by atoms with Crippen LogP contribution in [0.1, 0.15) is 43.7 Å². The van der Waals surface area contributed by atoms with Gasteiger partial charge in [0.25, 0.3) is 0 Å². The van der Waals surface area contributed by atoms with Gasteiger partial charge in [-0.05, 0) is 81.0 Å². The fourth-order valence-corrected chi connectivity index (χ4v) is 5.87. The Morgan fingerprint density at radius 2 is 1.85 bits per heavy atom. The molecule has 2 aliphatic rings. The Kier molecular flexibility index (Phi) is 6.46. The molecule has 2 aromatic rings. The van der Waals surface area contributed by atoms with E-state index in [1.165, 1.54) is 4.31 Å². The van der Waals surface area contributed by atoms with Crippen molar-refractivity contribution in [3.05, 3.63) is 53.6 Å². The van der Waals surface area contributed by atoms with E-state index in [4.69, 9.17) is 4.74 Å². The Morgan fingerprint density at radius 3 is 2.39 bits per heavy atom. The summed E-state index contributed by atoms with van der Waals surface area (Å²) in [6.07, 6.45) is 2.70. The predicted octanol–water partition coefficient (Wildman–Crippen LogP) is 3.99. The monoisotopic (exact) mass is 467 g/mol. The number of hydrogen-bond donors (Lipinski definition) is 1. The van der Waals surface area contributed by atoms with Crippen LogP contribution in [0, 0.1) is 24.2 Å². The molecule has 7 nitrogen and oxygen atoms in total. The van der Waals surface area contributed by atoms with Crippen LogP contribution >= 0.6 is 0 Å². The number of carbonyl (C=O) groups is 1. The highest BCUT2D eigenvalue weighted by molar-refractivity contribution is 7.89. The number of sulfonamides is 1. The molecule has 0 aromatic heterocycles. The highest BCUT2D eigenvalue weighted by atomic mass is 32.2. The van der Waals surface area contributed by atoms with Crippen molar-refractivity contribution in [2.75, 3.05) is 25.0 Å². The third kappa shape index (κ3) is 4.75. The Bertz CT molecular complexity index is 1170. The van der Waals surface area contributed by atoms with Crippen LogP contribution in [0.2, 0.25) is 0 Å². The molecule has 8 heteroatoms. The Balaban J connectivity index is 1.35. The van der Waals surface area contributed by atoms with Gasteiger partial charge < -0.3 is 10.1 Å². The van der Waals surface area contributed by atoms with E-state index in [0.717, 1.165) is 24.0 Å². The molecule has 2 fully saturated rings. The molecule has 1 saturated heterocycles. The lowest BCUT2D eigenvalue weighted by atomic mass is 9.96. The average molecular weight is 468 g/mol. The zero-order valence-corrected chi connectivity index (χ0v) is 19.8. The van der Waals surface area contributed by atoms with Gasteiger partial charge in [-0.1, -0.05) is 12.1 Å². The predicted molar refractivity (Wildman–Crippen MR) is 125 cm³/mol. The summed E-state index contributed by atoms with van der Waals surface area (Å²) in [5.41, 5.74) is 2.12. The van der Waals surface area contributed by atoms with Gasteiger partial charge in [-0.25, -0.2) is 8.42 Å². The zero-order chi connectivity index (χ0) is 23.6. The van der Waals surface area contributed by atoms with E-state index in [0.29, 0.717) is 44.0 Å². The third-order valence-corrected chi connectivity index (χ3v) is 8.47. The summed E-state index contributed by atoms with van der Waals surface area (Å²) in [5.74, 6) is 0.338. The number of amides is 1. The van der Waals surface area contributed by atoms with Crippen molar-refractivity contribution in [1.29, 1.82) is 5.26 Å². The second kappa shape index (κ2) is 9.16. The summed E-state index contributed by atoms with van der Waals surface area (Å²) in [7, 11) is -3.62. The van der Waals surface area contributed by atoms with Crippen molar-refractivity contribution in [1.82, 2.24) is 4.31 Å². The van der Waals surface area contributed by atoms with E-state index in [2.05, 4.69) is 11.4 Å². The van der Waals surface area contributed by atoms with Gasteiger partial charge in [0, 0.05) is 24.7 Å². The van der Waals surface area contributed by atoms with E-state index < -0.39 is 10.0 Å². The van der Waals surface area contributed by atoms with Gasteiger partial charge in [-0.15, -0.1) is 0 Å². The first kappa shape index (κ1) is 23.3. The number of nitrogens with one attached hydrogen (secondary N) is 1. The number of rotatable bonds is 7. The average Bonchev–Trinajstić information content (AvgIpc) is 3.62. The maximum atomic E-state index is 13.1. The maximum Gasteiger partial charge on any atom is 0.243 e. The van der Waals surface area contributed by atoms with Crippen molar-refractivity contribution in [2.24, 2.45) is 5.92 Å². The minimum absolute atomic E-state index is 0.0990. The lowest BCUT2D eigenvalue weighted by Crippen LogP contribution is -2.41. The maximum absolute atomic E-state index is 13.1. The highest BCUT2D eigenvalue weighted by Crippen LogP contribution is 2.47. The van der Waals surface area contributed by atoms with Gasteiger partial charge in [0.2, 0.25) is 15.9 Å². The van der Waals surface area contributed by atoms with E-state index in [9.17, 15) is 18.5 Å². The van der Waals surface area contributed by atoms with Crippen molar-refractivity contribution >= 4 is 21.6 Å². The molecule has 1 saturated carbocycles. The largest absolute Gasteiger partial charge is 0.494 e. The molecule has 0 radical (unpaired) electrons. The molecular weight excluding hydrogens is 438 g/mol. The van der Waals surface area contributed by atoms with Gasteiger partial charge in [0.1, 0.15) is 5.75 Å². The molecular formula is C25H29N3O4S. The minimum Gasteiger partial charge on any atom is -0.494 e. The van der Waals surface area contributed by atoms with Crippen molar-refractivity contribution in [3.8, 4) is 11.8 Å². The smallest absolute Gasteiger partial charge is 0.243 e. The van der Waals surface area contributed by atoms with Crippen LogP contribution in [0.4, 0.5) is 5.69 Å². The normalized spacial score (nSPS) is 18.3. The van der Waals surface area contributed by atoms with Crippen molar-refractivity contribution < 1.29 is 17.9 Å². The lowest BCUT2D eigenvalue weighted by molar-refractivity contribution is -0.120. The Morgan fingerprint density at radius 1 is 1.18 bits per heavy atom. The number of hydrogen-bond acceptors (Lipinski definition) is 5. The van der Waals surface area contributed by atoms with Crippen molar-refractivity contribution in [2.45, 2.75) is 49.8 Å². The second-order valence-corrected chi connectivity index (χ2v) is 10.7. The molecule has 0 spiro atoms. The molecule has 0 atom stereocenters. The summed E-state index contributed by atoms with van der Waals surface area (Å²) < 4.78 is 33.1. The van der Waals surface area contributed by atoms with Crippen LogP contribution < -0.4 is 10.1 Å². The fraction of sp³-hybridized carbons (Fsp3) is 0.440. The summed E-state index contributed by atoms with van der Waals surface area (Å²) in [6, 6.07) is 14.8. The standard InChI is InChI=1S/C25H29N3O4S/c1-3-32-23-9-8-22(16-18(23)2)33(30,31)28-14-10-19(11-15-28)24(29)27-21-6-4-20(5-7-21)25(17-26)12-13-25/h4-9,16,19H,3,10-15H2,1-2H3,(H,27,29). The molecule has 1 heterocycles. The fourth-order valence-electron chi connectivity index (χ4n) is 4.31. The van der Waals surface area contributed by atoms with E-state index >= 15 is 0 Å². The van der Waals surface area contributed by atoms with E-state index in [1.807, 2.05) is 38.1 Å². The van der Waals surface area contributed by atoms with Crippen LogP contribution in [-0.2, 0) is 20.2 Å². The molecule has 1 amide bonds. The number of ether oxygens (including phenoxy) is 1. The highest BCUT2D eigenvalue weighted by Gasteiger charge is 2.44. The van der Waals surface area contributed by atoms with Gasteiger partial charge in [0.15, 0.2) is 0 Å². The first-order valence-corrected chi connectivity index (χ1v) is 12.8. The molecule has 0 bridgehead atoms. The lowest BCUT2D eigenvalue weighted by Gasteiger charge is -2.30. The molecule has 4 rings (SSSR count). The number of carbonyl (C=O) groups excluding carboxylic acids is 1. The molecule has 1 aliphatic carbocycles. The minimum atomic E-state index is -3.62. The molecule has 0 unspecified atom stereocenters. The van der Waals surface area contributed by atoms with Crippen LogP contribution in [-0.4, -0.2) is 38.3 Å². The van der Waals surface area contributed by atoms with Gasteiger partial charge in [0.05, 0.1) is 23.0 Å². The summed E-state index contributed by atoms with van der Waals surface area (Å²) in [5, 5.41) is 12.3.